The molecule has 0 N–H and O–H groups in total. The van der Waals surface area contributed by atoms with Crippen LogP contribution in [0.5, 0.6) is 0 Å². The standard InChI is InChI=1S/C22H22N2O5S2/c1-3-14-7-9-18-20(11-14)30-21-13-15(8-10-19(21)22(18)25)23(2)31(28,29)17-6-4-5-16(12-17)24(26)27/h4-6,8,10,12-14H,3,7,9,11H2,1-2H3. The molecule has 31 heavy (non-hydrogen) atoms. The van der Waals surface area contributed by atoms with E-state index in [1.807, 2.05) is 0 Å². The number of benzene rings is 2. The molecule has 1 heterocycles. The molecule has 162 valence electrons. The minimum atomic E-state index is -4.00. The van der Waals surface area contributed by atoms with Gasteiger partial charge in [-0.1, -0.05) is 19.4 Å². The van der Waals surface area contributed by atoms with Crippen LogP contribution in [-0.2, 0) is 22.9 Å². The molecule has 0 aliphatic heterocycles. The summed E-state index contributed by atoms with van der Waals surface area (Å²) in [6, 6.07) is 9.98. The van der Waals surface area contributed by atoms with E-state index in [0.29, 0.717) is 17.0 Å². The Morgan fingerprint density at radius 1 is 1.23 bits per heavy atom. The number of fused-ring (bicyclic) bond motifs is 2. The molecule has 0 fully saturated rings. The molecule has 0 radical (unpaired) electrons. The van der Waals surface area contributed by atoms with Gasteiger partial charge in [-0.2, -0.15) is 0 Å². The van der Waals surface area contributed by atoms with Crippen LogP contribution in [0.3, 0.4) is 0 Å². The fourth-order valence-electron chi connectivity index (χ4n) is 4.00. The summed E-state index contributed by atoms with van der Waals surface area (Å²) < 4.78 is 28.0. The van der Waals surface area contributed by atoms with E-state index in [1.54, 1.807) is 29.5 Å². The third kappa shape index (κ3) is 3.83. The summed E-state index contributed by atoms with van der Waals surface area (Å²) in [6.07, 6.45) is 3.78. The van der Waals surface area contributed by atoms with Crippen LogP contribution in [0.1, 0.15) is 30.2 Å². The van der Waals surface area contributed by atoms with Crippen molar-refractivity contribution in [3.8, 4) is 0 Å². The van der Waals surface area contributed by atoms with Crippen LogP contribution in [-0.4, -0.2) is 20.4 Å². The molecule has 2 aromatic carbocycles. The fourth-order valence-corrected chi connectivity index (χ4v) is 6.58. The molecule has 1 aliphatic rings. The molecular formula is C22H22N2O5S2. The summed E-state index contributed by atoms with van der Waals surface area (Å²) in [6.45, 7) is 2.16. The second kappa shape index (κ2) is 8.05. The molecule has 1 atom stereocenters. The van der Waals surface area contributed by atoms with Gasteiger partial charge in [0.2, 0.25) is 0 Å². The summed E-state index contributed by atoms with van der Waals surface area (Å²) in [5, 5.41) is 11.6. The van der Waals surface area contributed by atoms with Crippen LogP contribution < -0.4 is 9.73 Å². The summed E-state index contributed by atoms with van der Waals surface area (Å²) in [5.74, 6) is 0.570. The van der Waals surface area contributed by atoms with Gasteiger partial charge in [-0.3, -0.25) is 19.2 Å². The van der Waals surface area contributed by atoms with Gasteiger partial charge in [-0.05, 0) is 49.4 Å². The van der Waals surface area contributed by atoms with Gasteiger partial charge in [0.15, 0.2) is 5.43 Å². The van der Waals surface area contributed by atoms with Gasteiger partial charge in [-0.15, -0.1) is 11.3 Å². The third-order valence-corrected chi connectivity index (χ3v) is 8.96. The zero-order valence-electron chi connectivity index (χ0n) is 17.2. The molecule has 0 saturated carbocycles. The topological polar surface area (TPSA) is 97.6 Å². The maximum absolute atomic E-state index is 13.1. The van der Waals surface area contributed by atoms with E-state index in [1.165, 1.54) is 25.2 Å². The SMILES string of the molecule is CCC1CCc2c(sc3cc(N(C)S(=O)(=O)c4cccc([N+](=O)[O-])c4)ccc3c2=O)C1. The molecule has 0 bridgehead atoms. The molecule has 0 saturated heterocycles. The van der Waals surface area contributed by atoms with Crippen LogP contribution in [0.2, 0.25) is 0 Å². The van der Waals surface area contributed by atoms with Gasteiger partial charge in [0.25, 0.3) is 15.7 Å². The predicted octanol–water partition coefficient (Wildman–Crippen LogP) is 4.51. The number of nitrogens with zero attached hydrogens (tertiary/aromatic N) is 2. The first-order valence-electron chi connectivity index (χ1n) is 10.0. The average Bonchev–Trinajstić information content (AvgIpc) is 2.78. The van der Waals surface area contributed by atoms with E-state index in [0.717, 1.165) is 51.2 Å². The highest BCUT2D eigenvalue weighted by Crippen LogP contribution is 2.34. The zero-order valence-corrected chi connectivity index (χ0v) is 18.8. The van der Waals surface area contributed by atoms with E-state index < -0.39 is 14.9 Å². The van der Waals surface area contributed by atoms with Crippen LogP contribution in [0, 0.1) is 16.0 Å². The van der Waals surface area contributed by atoms with Crippen molar-refractivity contribution in [2.75, 3.05) is 11.4 Å². The van der Waals surface area contributed by atoms with Crippen LogP contribution in [0.4, 0.5) is 11.4 Å². The summed E-state index contributed by atoms with van der Waals surface area (Å²) in [5.41, 5.74) is 1.04. The van der Waals surface area contributed by atoms with Gasteiger partial charge >= 0.3 is 0 Å². The molecule has 7 nitrogen and oxygen atoms in total. The maximum atomic E-state index is 13.1. The summed E-state index contributed by atoms with van der Waals surface area (Å²) in [7, 11) is -2.60. The third-order valence-electron chi connectivity index (χ3n) is 5.96. The highest BCUT2D eigenvalue weighted by molar-refractivity contribution is 7.92. The lowest BCUT2D eigenvalue weighted by molar-refractivity contribution is -0.385. The van der Waals surface area contributed by atoms with Crippen molar-refractivity contribution in [2.24, 2.45) is 5.92 Å². The van der Waals surface area contributed by atoms with Gasteiger partial charge in [0, 0.05) is 39.7 Å². The smallest absolute Gasteiger partial charge is 0.270 e. The normalized spacial score (nSPS) is 16.1. The lowest BCUT2D eigenvalue weighted by Gasteiger charge is -2.23. The Balaban J connectivity index is 1.76. The van der Waals surface area contributed by atoms with Gasteiger partial charge in [-0.25, -0.2) is 8.42 Å². The number of nitro groups is 1. The summed E-state index contributed by atoms with van der Waals surface area (Å²) >= 11 is 1.56. The Morgan fingerprint density at radius 3 is 2.71 bits per heavy atom. The van der Waals surface area contributed by atoms with Crippen molar-refractivity contribution in [1.82, 2.24) is 0 Å². The molecule has 3 aromatic rings. The lowest BCUT2D eigenvalue weighted by Crippen LogP contribution is -2.26. The number of nitro benzene ring substituents is 1. The van der Waals surface area contributed by atoms with E-state index >= 15 is 0 Å². The van der Waals surface area contributed by atoms with Crippen molar-refractivity contribution in [1.29, 1.82) is 0 Å². The number of hydrogen-bond acceptors (Lipinski definition) is 6. The van der Waals surface area contributed by atoms with Crippen molar-refractivity contribution in [3.63, 3.8) is 0 Å². The van der Waals surface area contributed by atoms with E-state index in [9.17, 15) is 23.3 Å². The van der Waals surface area contributed by atoms with Crippen molar-refractivity contribution in [2.45, 2.75) is 37.5 Å². The van der Waals surface area contributed by atoms with Crippen LogP contribution in [0.15, 0.2) is 52.2 Å². The first-order valence-corrected chi connectivity index (χ1v) is 12.3. The molecule has 1 unspecified atom stereocenters. The van der Waals surface area contributed by atoms with Crippen LogP contribution in [0.25, 0.3) is 10.1 Å². The van der Waals surface area contributed by atoms with Gasteiger partial charge in [0.1, 0.15) is 0 Å². The van der Waals surface area contributed by atoms with E-state index in [-0.39, 0.29) is 16.0 Å². The second-order valence-corrected chi connectivity index (χ2v) is 10.9. The van der Waals surface area contributed by atoms with Crippen molar-refractivity contribution >= 4 is 42.8 Å². The minimum absolute atomic E-state index is 0.0362. The minimum Gasteiger partial charge on any atom is -0.289 e. The monoisotopic (exact) mass is 458 g/mol. The molecule has 0 spiro atoms. The van der Waals surface area contributed by atoms with Gasteiger partial charge in [0.05, 0.1) is 15.5 Å². The fraction of sp³-hybridized carbons (Fsp3) is 0.318. The number of non-ortho nitro benzene ring substituents is 1. The zero-order chi connectivity index (χ0) is 22.3. The Morgan fingerprint density at radius 2 is 2.00 bits per heavy atom. The quantitative estimate of drug-likeness (QED) is 0.414. The molecule has 9 heteroatoms. The highest BCUT2D eigenvalue weighted by Gasteiger charge is 2.25. The first-order chi connectivity index (χ1) is 14.7. The first kappa shape index (κ1) is 21.5. The summed E-state index contributed by atoms with van der Waals surface area (Å²) in [4.78, 5) is 24.3. The van der Waals surface area contributed by atoms with Crippen molar-refractivity contribution < 1.29 is 13.3 Å². The number of sulfonamides is 1. The van der Waals surface area contributed by atoms with Crippen molar-refractivity contribution in [3.05, 3.63) is 73.2 Å². The molecule has 0 amide bonds. The Kier molecular flexibility index (Phi) is 5.57. The lowest BCUT2D eigenvalue weighted by atomic mass is 9.87. The molecular weight excluding hydrogens is 436 g/mol. The molecule has 1 aromatic heterocycles. The average molecular weight is 459 g/mol. The molecule has 1 aliphatic carbocycles. The predicted molar refractivity (Wildman–Crippen MR) is 123 cm³/mol. The largest absolute Gasteiger partial charge is 0.289 e. The maximum Gasteiger partial charge on any atom is 0.270 e. The van der Waals surface area contributed by atoms with Gasteiger partial charge < -0.3 is 0 Å². The number of rotatable bonds is 5. The second-order valence-electron chi connectivity index (χ2n) is 7.76. The Bertz CT molecular complexity index is 1350. The van der Waals surface area contributed by atoms with Crippen LogP contribution >= 0.6 is 11.3 Å². The van der Waals surface area contributed by atoms with E-state index in [4.69, 9.17) is 0 Å². The number of hydrogen-bond donors (Lipinski definition) is 0. The highest BCUT2D eigenvalue weighted by atomic mass is 32.2. The molecule has 4 rings (SSSR count). The number of anilines is 1. The Hall–Kier alpha value is -2.78. The Labute approximate surface area is 184 Å². The van der Waals surface area contributed by atoms with E-state index in [2.05, 4.69) is 6.92 Å².